The standard InChI is InChI=1S/C30H36N4O6.HI/c1-3-13-31-29(36)38-19-24-18-34-17-12-25(27(34)26(24)20-39-30(37)32-14-4-2)22-10-15-33(16-11-22)21-40-28(35)23-8-6-5-7-9-23;/h5-11,15-16,18,25H,3-4,12-14,17,19-21H2,1-2H3,(H-,31,32,36,37);1H. The van der Waals surface area contributed by atoms with Crippen LogP contribution >= 0.6 is 0 Å². The molecule has 1 unspecified atom stereocenters. The van der Waals surface area contributed by atoms with Gasteiger partial charge in [-0.1, -0.05) is 32.0 Å². The number of nitrogens with zero attached hydrogens (tertiary/aromatic N) is 2. The highest BCUT2D eigenvalue weighted by Gasteiger charge is 2.31. The van der Waals surface area contributed by atoms with Crippen molar-refractivity contribution in [3.05, 3.63) is 89.0 Å². The second-order valence-electron chi connectivity index (χ2n) is 9.63. The zero-order valence-electron chi connectivity index (χ0n) is 23.4. The molecule has 4 rings (SSSR count). The first-order chi connectivity index (χ1) is 19.5. The number of pyridine rings is 1. The summed E-state index contributed by atoms with van der Waals surface area (Å²) in [5, 5.41) is 5.45. The highest BCUT2D eigenvalue weighted by atomic mass is 127. The molecule has 0 bridgehead atoms. The maximum Gasteiger partial charge on any atom is 0.407 e. The van der Waals surface area contributed by atoms with Crippen molar-refractivity contribution < 1.29 is 57.1 Å². The Bertz CT molecular complexity index is 1300. The molecule has 2 N–H and O–H groups in total. The van der Waals surface area contributed by atoms with Crippen molar-refractivity contribution >= 4 is 18.2 Å². The minimum Gasteiger partial charge on any atom is -1.00 e. The number of amides is 2. The molecular formula is C30H37IN4O6. The van der Waals surface area contributed by atoms with Gasteiger partial charge >= 0.3 is 18.2 Å². The first-order valence-electron chi connectivity index (χ1n) is 13.7. The number of halogens is 1. The Kier molecular flexibility index (Phi) is 12.4. The van der Waals surface area contributed by atoms with E-state index in [-0.39, 0.29) is 55.8 Å². The minimum atomic E-state index is -0.477. The maximum atomic E-state index is 12.3. The number of aromatic nitrogens is 2. The maximum absolute atomic E-state index is 12.3. The molecule has 0 spiro atoms. The van der Waals surface area contributed by atoms with E-state index in [9.17, 15) is 14.4 Å². The molecule has 220 valence electrons. The summed E-state index contributed by atoms with van der Waals surface area (Å²) in [4.78, 5) is 36.6. The van der Waals surface area contributed by atoms with Gasteiger partial charge in [-0.25, -0.2) is 14.4 Å². The van der Waals surface area contributed by atoms with Crippen LogP contribution in [0.2, 0.25) is 0 Å². The molecule has 3 heterocycles. The van der Waals surface area contributed by atoms with Crippen LogP contribution in [0.25, 0.3) is 0 Å². The summed E-state index contributed by atoms with van der Waals surface area (Å²) >= 11 is 0. The number of aryl methyl sites for hydroxylation is 1. The van der Waals surface area contributed by atoms with E-state index in [0.29, 0.717) is 18.7 Å². The number of carbonyl (C=O) groups excluding carboxylic acids is 3. The van der Waals surface area contributed by atoms with Crippen LogP contribution in [0.3, 0.4) is 0 Å². The average Bonchev–Trinajstić information content (AvgIpc) is 3.55. The molecule has 0 radical (unpaired) electrons. The Hall–Kier alpha value is -3.61. The Balaban J connectivity index is 0.00000462. The molecule has 1 aromatic carbocycles. The van der Waals surface area contributed by atoms with Crippen molar-refractivity contribution in [1.82, 2.24) is 15.2 Å². The molecule has 0 saturated carbocycles. The highest BCUT2D eigenvalue weighted by Crippen LogP contribution is 2.39. The summed E-state index contributed by atoms with van der Waals surface area (Å²) in [5.41, 5.74) is 4.31. The number of carbonyl (C=O) groups is 3. The zero-order valence-corrected chi connectivity index (χ0v) is 25.6. The third-order valence-corrected chi connectivity index (χ3v) is 6.73. The SMILES string of the molecule is CCCNC(=O)OCc1cn2c(c1COC(=O)NCCC)C(c1cc[n+](COC(=O)c3ccccc3)cc1)CC2.[I-]. The van der Waals surface area contributed by atoms with Crippen LogP contribution < -0.4 is 39.2 Å². The van der Waals surface area contributed by atoms with E-state index in [0.717, 1.165) is 48.2 Å². The molecule has 1 atom stereocenters. The van der Waals surface area contributed by atoms with E-state index in [1.165, 1.54) is 0 Å². The van der Waals surface area contributed by atoms with Gasteiger partial charge in [0.2, 0.25) is 0 Å². The molecule has 2 amide bonds. The Morgan fingerprint density at radius 1 is 0.902 bits per heavy atom. The smallest absolute Gasteiger partial charge is 0.407 e. The fraction of sp³-hybridized carbons (Fsp3) is 0.400. The number of ether oxygens (including phenoxy) is 3. The highest BCUT2D eigenvalue weighted by molar-refractivity contribution is 5.89. The monoisotopic (exact) mass is 676 g/mol. The van der Waals surface area contributed by atoms with Crippen molar-refractivity contribution in [1.29, 1.82) is 0 Å². The molecule has 41 heavy (non-hydrogen) atoms. The lowest BCUT2D eigenvalue weighted by Gasteiger charge is -2.15. The number of hydrogen-bond donors (Lipinski definition) is 2. The summed E-state index contributed by atoms with van der Waals surface area (Å²) in [5.74, 6) is -0.307. The van der Waals surface area contributed by atoms with Gasteiger partial charge in [-0.3, -0.25) is 0 Å². The van der Waals surface area contributed by atoms with Crippen LogP contribution in [0.1, 0.15) is 71.8 Å². The molecule has 0 saturated heterocycles. The van der Waals surface area contributed by atoms with Gasteiger partial charge in [-0.2, -0.15) is 4.57 Å². The van der Waals surface area contributed by atoms with E-state index in [1.54, 1.807) is 28.8 Å². The van der Waals surface area contributed by atoms with Crippen LogP contribution in [-0.2, 0) is 40.7 Å². The summed E-state index contributed by atoms with van der Waals surface area (Å²) < 4.78 is 20.4. The summed E-state index contributed by atoms with van der Waals surface area (Å²) in [6.45, 7) is 6.07. The van der Waals surface area contributed by atoms with Crippen molar-refractivity contribution in [2.24, 2.45) is 0 Å². The minimum absolute atomic E-state index is 0. The van der Waals surface area contributed by atoms with E-state index in [4.69, 9.17) is 14.2 Å². The Labute approximate surface area is 257 Å². The van der Waals surface area contributed by atoms with Crippen molar-refractivity contribution in [3.8, 4) is 0 Å². The van der Waals surface area contributed by atoms with E-state index < -0.39 is 12.2 Å². The third kappa shape index (κ3) is 8.69. The van der Waals surface area contributed by atoms with E-state index >= 15 is 0 Å². The van der Waals surface area contributed by atoms with E-state index in [1.807, 2.05) is 50.6 Å². The van der Waals surface area contributed by atoms with Gasteiger partial charge in [0.15, 0.2) is 12.4 Å². The first kappa shape index (κ1) is 31.9. The molecule has 0 aliphatic carbocycles. The lowest BCUT2D eigenvalue weighted by molar-refractivity contribution is -0.727. The van der Waals surface area contributed by atoms with Crippen molar-refractivity contribution in [2.45, 2.75) is 65.5 Å². The number of fused-ring (bicyclic) bond motifs is 1. The molecule has 1 aliphatic heterocycles. The number of alkyl carbamates (subject to hydrolysis) is 2. The number of nitrogens with one attached hydrogen (secondary N) is 2. The molecule has 0 fully saturated rings. The predicted molar refractivity (Wildman–Crippen MR) is 146 cm³/mol. The molecule has 1 aliphatic rings. The fourth-order valence-electron chi connectivity index (χ4n) is 4.70. The summed E-state index contributed by atoms with van der Waals surface area (Å²) in [6.07, 6.45) is 7.31. The molecule has 10 nitrogen and oxygen atoms in total. The van der Waals surface area contributed by atoms with Crippen LogP contribution in [0.5, 0.6) is 0 Å². The predicted octanol–water partition coefficient (Wildman–Crippen LogP) is 1.40. The van der Waals surface area contributed by atoms with Gasteiger partial charge in [0.1, 0.15) is 13.2 Å². The Morgan fingerprint density at radius 3 is 2.17 bits per heavy atom. The lowest BCUT2D eigenvalue weighted by atomic mass is 9.92. The topological polar surface area (TPSA) is 112 Å². The number of esters is 1. The third-order valence-electron chi connectivity index (χ3n) is 6.73. The molecule has 2 aromatic heterocycles. The largest absolute Gasteiger partial charge is 1.00 e. The lowest BCUT2D eigenvalue weighted by Crippen LogP contribution is -3.00. The van der Waals surface area contributed by atoms with Gasteiger partial charge in [-0.15, -0.1) is 0 Å². The summed E-state index contributed by atoms with van der Waals surface area (Å²) in [7, 11) is 0. The second-order valence-corrected chi connectivity index (χ2v) is 9.63. The quantitative estimate of drug-likeness (QED) is 0.130. The van der Waals surface area contributed by atoms with Crippen LogP contribution in [0.15, 0.2) is 61.1 Å². The van der Waals surface area contributed by atoms with E-state index in [2.05, 4.69) is 15.2 Å². The molecular weight excluding hydrogens is 639 g/mol. The van der Waals surface area contributed by atoms with Crippen LogP contribution in [0, 0.1) is 0 Å². The summed E-state index contributed by atoms with van der Waals surface area (Å²) in [6, 6.07) is 12.9. The van der Waals surface area contributed by atoms with Gasteiger partial charge in [-0.05, 0) is 37.0 Å². The second kappa shape index (κ2) is 16.0. The van der Waals surface area contributed by atoms with Gasteiger partial charge < -0.3 is 53.4 Å². The zero-order chi connectivity index (χ0) is 28.3. The van der Waals surface area contributed by atoms with Crippen LogP contribution in [0.4, 0.5) is 9.59 Å². The van der Waals surface area contributed by atoms with Crippen LogP contribution in [-0.4, -0.2) is 35.8 Å². The van der Waals surface area contributed by atoms with Gasteiger partial charge in [0.05, 0.1) is 5.56 Å². The van der Waals surface area contributed by atoms with Gasteiger partial charge in [0, 0.05) is 60.7 Å². The Morgan fingerprint density at radius 2 is 1.54 bits per heavy atom. The van der Waals surface area contributed by atoms with Gasteiger partial charge in [0.25, 0.3) is 6.73 Å². The fourth-order valence-corrected chi connectivity index (χ4v) is 4.70. The average molecular weight is 677 g/mol. The van der Waals surface area contributed by atoms with Crippen molar-refractivity contribution in [3.63, 3.8) is 0 Å². The van der Waals surface area contributed by atoms with Crippen molar-refractivity contribution in [2.75, 3.05) is 13.1 Å². The number of benzene rings is 1. The molecule has 3 aromatic rings. The normalized spacial score (nSPS) is 13.5. The first-order valence-corrected chi connectivity index (χ1v) is 13.7. The number of hydrogen-bond acceptors (Lipinski definition) is 6. The number of rotatable bonds is 12. The molecule has 11 heteroatoms.